The van der Waals surface area contributed by atoms with Crippen LogP contribution in [-0.2, 0) is 0 Å². The molecule has 0 aromatic rings. The minimum atomic E-state index is 0. The second-order valence-corrected chi connectivity index (χ2v) is 0. The van der Waals surface area contributed by atoms with Crippen molar-refractivity contribution in [3.8, 4) is 0 Å². The van der Waals surface area contributed by atoms with E-state index in [1.54, 1.807) is 0 Å². The van der Waals surface area contributed by atoms with Gasteiger partial charge in [0, 0.05) is 7.11 Å². The van der Waals surface area contributed by atoms with Gasteiger partial charge in [-0.25, -0.2) is 0 Å². The highest BCUT2D eigenvalue weighted by atomic mass is 16.2. The Hall–Kier alpha value is -0.120. The third-order valence-electron chi connectivity index (χ3n) is 0. The molecule has 0 radical (unpaired) electrons. The van der Waals surface area contributed by atoms with E-state index in [-0.39, 0.29) is 11.0 Å². The monoisotopic (exact) mass is 68.0 g/mol. The molecule has 0 spiro atoms. The van der Waals surface area contributed by atoms with Crippen LogP contribution in [0.4, 0.5) is 0 Å². The Labute approximate surface area is 24.5 Å². The average Bonchev–Trinajstić information content (AvgIpc) is 1.00. The van der Waals surface area contributed by atoms with Gasteiger partial charge in [-0.15, -0.1) is 0 Å². The van der Waals surface area contributed by atoms with Crippen LogP contribution in [0.1, 0.15) is 0 Å². The molecule has 0 amide bonds. The minimum absolute atomic E-state index is 0. The molecule has 0 bridgehead atoms. The van der Waals surface area contributed by atoms with Crippen LogP contribution in [0.3, 0.4) is 0 Å². The lowest BCUT2D eigenvalue weighted by Crippen LogP contribution is -1.25. The van der Waals surface area contributed by atoms with Gasteiger partial charge in [0.25, 0.3) is 0 Å². The van der Waals surface area contributed by atoms with Crippen molar-refractivity contribution in [1.29, 1.82) is 0 Å². The number of hydrogen-bond acceptors (Lipinski definition) is 1. The van der Waals surface area contributed by atoms with Crippen LogP contribution >= 0.6 is 0 Å². The molecule has 30 valence electrons. The van der Waals surface area contributed by atoms with Crippen LogP contribution in [-0.4, -0.2) is 23.2 Å². The zero-order chi connectivity index (χ0) is 2.00. The van der Waals surface area contributed by atoms with Crippen LogP contribution in [0.25, 0.3) is 0 Å². The summed E-state index contributed by atoms with van der Waals surface area (Å²) in [6.45, 7) is 0. The lowest BCUT2D eigenvalue weighted by atomic mass is 11.8. The molecular formula is CH8O3. The van der Waals surface area contributed by atoms with E-state index in [1.807, 2.05) is 0 Å². The molecule has 0 rings (SSSR count). The van der Waals surface area contributed by atoms with Gasteiger partial charge in [-0.3, -0.25) is 0 Å². The molecule has 0 aliphatic rings. The van der Waals surface area contributed by atoms with Crippen LogP contribution < -0.4 is 0 Å². The maximum atomic E-state index is 7.00. The summed E-state index contributed by atoms with van der Waals surface area (Å²) in [5.41, 5.74) is 0. The van der Waals surface area contributed by atoms with Crippen LogP contribution in [0.2, 0.25) is 0 Å². The fourth-order valence-electron chi connectivity index (χ4n) is 0. The highest BCUT2D eigenvalue weighted by Crippen LogP contribution is 0.755. The van der Waals surface area contributed by atoms with Crippen LogP contribution in [0, 0.1) is 0 Å². The quantitative estimate of drug-likeness (QED) is 0.348. The summed E-state index contributed by atoms with van der Waals surface area (Å²) < 4.78 is 0. The highest BCUT2D eigenvalue weighted by molar-refractivity contribution is 3.18. The topological polar surface area (TPSA) is 83.2 Å². The second-order valence-electron chi connectivity index (χ2n) is 0. The van der Waals surface area contributed by atoms with Gasteiger partial charge in [-0.05, 0) is 0 Å². The number of hydrogen-bond donors (Lipinski definition) is 1. The summed E-state index contributed by atoms with van der Waals surface area (Å²) in [5.74, 6) is 0. The maximum absolute atomic E-state index is 7.00. The fourth-order valence-corrected chi connectivity index (χ4v) is 0. The average molecular weight is 68.1 g/mol. The first-order chi connectivity index (χ1) is 1.00. The molecule has 0 saturated carbocycles. The zero-order valence-electron chi connectivity index (χ0n) is 2.45. The summed E-state index contributed by atoms with van der Waals surface area (Å²) in [6.07, 6.45) is 0. The Morgan fingerprint density at radius 2 is 1.00 bits per heavy atom. The highest BCUT2D eigenvalue weighted by Gasteiger charge is 0.839. The van der Waals surface area contributed by atoms with Gasteiger partial charge in [0.2, 0.25) is 0 Å². The van der Waals surface area contributed by atoms with Crippen molar-refractivity contribution in [2.75, 3.05) is 7.11 Å². The number of rotatable bonds is 0. The third kappa shape index (κ3) is 101. The molecule has 3 nitrogen and oxygen atoms in total. The first kappa shape index (κ1) is 41.6. The Bertz CT molecular complexity index is 3.25. The molecular weight excluding hydrogens is 60.0 g/mol. The minimum Gasteiger partial charge on any atom is -0.412 e. The van der Waals surface area contributed by atoms with Gasteiger partial charge in [-0.2, -0.15) is 0 Å². The summed E-state index contributed by atoms with van der Waals surface area (Å²) in [6, 6.07) is 0. The van der Waals surface area contributed by atoms with Crippen molar-refractivity contribution in [1.82, 2.24) is 0 Å². The van der Waals surface area contributed by atoms with Gasteiger partial charge in [0.15, 0.2) is 0 Å². The summed E-state index contributed by atoms with van der Waals surface area (Å²) in [7, 11) is 1.00. The SMILES string of the molecule is CO.O.O. The molecule has 0 heterocycles. The van der Waals surface area contributed by atoms with E-state index < -0.39 is 0 Å². The number of aliphatic hydroxyl groups is 1. The van der Waals surface area contributed by atoms with Crippen molar-refractivity contribution in [3.63, 3.8) is 0 Å². The van der Waals surface area contributed by atoms with E-state index in [2.05, 4.69) is 0 Å². The lowest BCUT2D eigenvalue weighted by Gasteiger charge is -1.21. The van der Waals surface area contributed by atoms with Gasteiger partial charge < -0.3 is 16.1 Å². The molecule has 0 aliphatic heterocycles. The molecule has 3 heteroatoms. The largest absolute Gasteiger partial charge is 0.412 e. The zero-order valence-corrected chi connectivity index (χ0v) is 2.45. The van der Waals surface area contributed by atoms with E-state index in [4.69, 9.17) is 5.11 Å². The van der Waals surface area contributed by atoms with Crippen molar-refractivity contribution in [2.45, 2.75) is 0 Å². The molecule has 0 aromatic carbocycles. The Kier molecular flexibility index (Phi) is 7340. The van der Waals surface area contributed by atoms with E-state index in [1.165, 1.54) is 0 Å². The molecule has 0 fully saturated rings. The van der Waals surface area contributed by atoms with E-state index in [9.17, 15) is 0 Å². The molecule has 0 aromatic heterocycles. The molecule has 0 atom stereocenters. The van der Waals surface area contributed by atoms with Gasteiger partial charge in [-0.1, -0.05) is 0 Å². The fraction of sp³-hybridized carbons (Fsp3) is 1.00. The molecule has 0 unspecified atom stereocenters. The van der Waals surface area contributed by atoms with Crippen LogP contribution in [0.15, 0.2) is 0 Å². The first-order valence-corrected chi connectivity index (χ1v) is 0.447. The third-order valence-corrected chi connectivity index (χ3v) is 0. The predicted octanol–water partition coefficient (Wildman–Crippen LogP) is -2.04. The lowest BCUT2D eigenvalue weighted by molar-refractivity contribution is 0.399. The molecule has 4 heavy (non-hydrogen) atoms. The van der Waals surface area contributed by atoms with Crippen LogP contribution in [0.5, 0.6) is 0 Å². The smallest absolute Gasteiger partial charge is 0.0319 e. The Morgan fingerprint density at radius 3 is 1.00 bits per heavy atom. The van der Waals surface area contributed by atoms with Crippen molar-refractivity contribution in [3.05, 3.63) is 0 Å². The maximum Gasteiger partial charge on any atom is 0.0319 e. The first-order valence-electron chi connectivity index (χ1n) is 0.447. The molecule has 0 saturated heterocycles. The van der Waals surface area contributed by atoms with Crippen molar-refractivity contribution < 1.29 is 16.1 Å². The Morgan fingerprint density at radius 1 is 1.00 bits per heavy atom. The van der Waals surface area contributed by atoms with Gasteiger partial charge in [0.05, 0.1) is 0 Å². The van der Waals surface area contributed by atoms with Crippen molar-refractivity contribution in [2.24, 2.45) is 0 Å². The van der Waals surface area contributed by atoms with Crippen molar-refractivity contribution >= 4 is 0 Å². The van der Waals surface area contributed by atoms with Gasteiger partial charge in [0.1, 0.15) is 0 Å². The van der Waals surface area contributed by atoms with E-state index in [0.29, 0.717) is 0 Å². The van der Waals surface area contributed by atoms with Gasteiger partial charge >= 0.3 is 0 Å². The van der Waals surface area contributed by atoms with E-state index in [0.717, 1.165) is 7.11 Å². The molecule has 0 aliphatic carbocycles. The Balaban J connectivity index is -0.00000000500. The predicted molar refractivity (Wildman–Crippen MR) is 15.4 cm³/mol. The second kappa shape index (κ2) is 707. The standard InChI is InChI=1S/CH4O.2H2O/c1-2;;/h2H,1H3;2*1H2. The summed E-state index contributed by atoms with van der Waals surface area (Å²) in [4.78, 5) is 0. The summed E-state index contributed by atoms with van der Waals surface area (Å²) >= 11 is 0. The normalized spacial score (nSPS) is 1.50. The summed E-state index contributed by atoms with van der Waals surface area (Å²) in [5, 5.41) is 7.00. The molecule has 5 N–H and O–H groups in total. The van der Waals surface area contributed by atoms with E-state index >= 15 is 0 Å². The number of aliphatic hydroxyl groups excluding tert-OH is 1.